The predicted molar refractivity (Wildman–Crippen MR) is 93.4 cm³/mol. The second-order valence-corrected chi connectivity index (χ2v) is 6.49. The van der Waals surface area contributed by atoms with Gasteiger partial charge in [-0.3, -0.25) is 9.48 Å². The summed E-state index contributed by atoms with van der Waals surface area (Å²) < 4.78 is 7.27. The molecule has 0 N–H and O–H groups in total. The lowest BCUT2D eigenvalue weighted by atomic mass is 10.0. The molecule has 1 aromatic carbocycles. The van der Waals surface area contributed by atoms with Gasteiger partial charge in [-0.05, 0) is 57.4 Å². The molecule has 3 rings (SSSR count). The van der Waals surface area contributed by atoms with Crippen molar-refractivity contribution < 1.29 is 9.53 Å². The lowest BCUT2D eigenvalue weighted by Crippen LogP contribution is -2.46. The predicted octanol–water partition coefficient (Wildman–Crippen LogP) is 3.20. The number of aryl methyl sites for hydroxylation is 2. The summed E-state index contributed by atoms with van der Waals surface area (Å²) in [5.41, 5.74) is 2.86. The molecular formula is C19H25N3O2. The van der Waals surface area contributed by atoms with Crippen LogP contribution in [-0.2, 0) is 6.54 Å². The van der Waals surface area contributed by atoms with E-state index in [4.69, 9.17) is 4.74 Å². The standard InChI is InChI=1S/C19H25N3O2/c1-14-11-15(2)22(20-14)13-17-8-4-5-10-21(17)19(23)16-7-6-9-18(12-16)24-3/h6-7,9,11-12,17H,4-5,8,10,13H2,1-3H3. The Kier molecular flexibility index (Phi) is 4.88. The minimum absolute atomic E-state index is 0.0835. The Bertz CT molecular complexity index is 723. The number of piperidine rings is 1. The highest BCUT2D eigenvalue weighted by molar-refractivity contribution is 5.94. The first-order valence-electron chi connectivity index (χ1n) is 8.54. The number of aromatic nitrogens is 2. The minimum atomic E-state index is 0.0835. The van der Waals surface area contributed by atoms with E-state index in [2.05, 4.69) is 18.1 Å². The molecule has 2 aromatic rings. The zero-order chi connectivity index (χ0) is 17.1. The van der Waals surface area contributed by atoms with Gasteiger partial charge in [-0.25, -0.2) is 0 Å². The van der Waals surface area contributed by atoms with Crippen LogP contribution in [0.1, 0.15) is 41.0 Å². The Balaban J connectivity index is 1.80. The molecule has 5 heteroatoms. The highest BCUT2D eigenvalue weighted by Crippen LogP contribution is 2.23. The summed E-state index contributed by atoms with van der Waals surface area (Å²) in [6.07, 6.45) is 3.24. The van der Waals surface area contributed by atoms with Crippen molar-refractivity contribution in [2.24, 2.45) is 0 Å². The van der Waals surface area contributed by atoms with E-state index in [1.165, 1.54) is 0 Å². The minimum Gasteiger partial charge on any atom is -0.497 e. The van der Waals surface area contributed by atoms with Crippen LogP contribution in [0.2, 0.25) is 0 Å². The Hall–Kier alpha value is -2.30. The van der Waals surface area contributed by atoms with Crippen LogP contribution in [0.3, 0.4) is 0 Å². The highest BCUT2D eigenvalue weighted by atomic mass is 16.5. The van der Waals surface area contributed by atoms with E-state index in [1.54, 1.807) is 7.11 Å². The molecule has 0 radical (unpaired) electrons. The smallest absolute Gasteiger partial charge is 0.254 e. The largest absolute Gasteiger partial charge is 0.497 e. The van der Waals surface area contributed by atoms with Crippen molar-refractivity contribution in [3.63, 3.8) is 0 Å². The molecule has 0 spiro atoms. The van der Waals surface area contributed by atoms with Crippen LogP contribution < -0.4 is 4.74 Å². The lowest BCUT2D eigenvalue weighted by Gasteiger charge is -2.36. The van der Waals surface area contributed by atoms with Crippen LogP contribution in [-0.4, -0.2) is 40.3 Å². The molecule has 1 atom stereocenters. The van der Waals surface area contributed by atoms with Gasteiger partial charge in [0.15, 0.2) is 0 Å². The van der Waals surface area contributed by atoms with Gasteiger partial charge < -0.3 is 9.64 Å². The van der Waals surface area contributed by atoms with E-state index in [9.17, 15) is 4.79 Å². The average molecular weight is 327 g/mol. The number of amides is 1. The van der Waals surface area contributed by atoms with Crippen molar-refractivity contribution >= 4 is 5.91 Å². The molecule has 2 heterocycles. The van der Waals surface area contributed by atoms with Gasteiger partial charge in [-0.2, -0.15) is 5.10 Å². The number of likely N-dealkylation sites (tertiary alicyclic amines) is 1. The van der Waals surface area contributed by atoms with Gasteiger partial charge >= 0.3 is 0 Å². The van der Waals surface area contributed by atoms with Crippen molar-refractivity contribution in [2.45, 2.75) is 45.7 Å². The van der Waals surface area contributed by atoms with Gasteiger partial charge in [-0.15, -0.1) is 0 Å². The maximum atomic E-state index is 13.0. The summed E-state index contributed by atoms with van der Waals surface area (Å²) in [6.45, 7) is 5.63. The number of nitrogens with zero attached hydrogens (tertiary/aromatic N) is 3. The van der Waals surface area contributed by atoms with Crippen LogP contribution in [0.5, 0.6) is 5.75 Å². The summed E-state index contributed by atoms with van der Waals surface area (Å²) in [4.78, 5) is 15.0. The van der Waals surface area contributed by atoms with Crippen molar-refractivity contribution in [1.29, 1.82) is 0 Å². The molecule has 0 bridgehead atoms. The molecule has 1 fully saturated rings. The van der Waals surface area contributed by atoms with Gasteiger partial charge in [0.05, 0.1) is 25.4 Å². The molecule has 1 aliphatic heterocycles. The van der Waals surface area contributed by atoms with Crippen molar-refractivity contribution in [2.75, 3.05) is 13.7 Å². The third kappa shape index (κ3) is 3.45. The number of benzene rings is 1. The van der Waals surface area contributed by atoms with E-state index in [-0.39, 0.29) is 11.9 Å². The van der Waals surface area contributed by atoms with Gasteiger partial charge in [0, 0.05) is 17.8 Å². The van der Waals surface area contributed by atoms with E-state index in [0.717, 1.165) is 43.7 Å². The maximum Gasteiger partial charge on any atom is 0.254 e. The molecule has 0 aliphatic carbocycles. The first kappa shape index (κ1) is 16.6. The van der Waals surface area contributed by atoms with Gasteiger partial charge in [0.1, 0.15) is 5.75 Å². The van der Waals surface area contributed by atoms with Crippen molar-refractivity contribution in [1.82, 2.24) is 14.7 Å². The molecule has 1 aromatic heterocycles. The normalized spacial score (nSPS) is 17.8. The monoisotopic (exact) mass is 327 g/mol. The van der Waals surface area contributed by atoms with E-state index < -0.39 is 0 Å². The van der Waals surface area contributed by atoms with Gasteiger partial charge in [0.2, 0.25) is 0 Å². The molecular weight excluding hydrogens is 302 g/mol. The third-order valence-electron chi connectivity index (χ3n) is 4.69. The van der Waals surface area contributed by atoms with Crippen molar-refractivity contribution in [3.8, 4) is 5.75 Å². The van der Waals surface area contributed by atoms with Crippen LogP contribution in [0, 0.1) is 13.8 Å². The molecule has 1 unspecified atom stereocenters. The maximum absolute atomic E-state index is 13.0. The number of methoxy groups -OCH3 is 1. The van der Waals surface area contributed by atoms with Crippen LogP contribution in [0.4, 0.5) is 0 Å². The first-order valence-corrected chi connectivity index (χ1v) is 8.54. The van der Waals surface area contributed by atoms with Crippen LogP contribution >= 0.6 is 0 Å². The first-order chi connectivity index (χ1) is 11.6. The lowest BCUT2D eigenvalue weighted by molar-refractivity contribution is 0.0582. The number of carbonyl (C=O) groups is 1. The quantitative estimate of drug-likeness (QED) is 0.866. The summed E-state index contributed by atoms with van der Waals surface area (Å²) in [6, 6.07) is 9.68. The number of hydrogen-bond acceptors (Lipinski definition) is 3. The SMILES string of the molecule is COc1cccc(C(=O)N2CCCCC2Cn2nc(C)cc2C)c1. The zero-order valence-corrected chi connectivity index (χ0v) is 14.7. The summed E-state index contributed by atoms with van der Waals surface area (Å²) in [5.74, 6) is 0.799. The number of carbonyl (C=O) groups excluding carboxylic acids is 1. The molecule has 1 saturated heterocycles. The summed E-state index contributed by atoms with van der Waals surface area (Å²) in [7, 11) is 1.62. The number of ether oxygens (including phenoxy) is 1. The van der Waals surface area contributed by atoms with Crippen LogP contribution in [0.25, 0.3) is 0 Å². The molecule has 24 heavy (non-hydrogen) atoms. The summed E-state index contributed by atoms with van der Waals surface area (Å²) in [5, 5.41) is 4.56. The van der Waals surface area contributed by atoms with E-state index >= 15 is 0 Å². The second-order valence-electron chi connectivity index (χ2n) is 6.49. The van der Waals surface area contributed by atoms with E-state index in [0.29, 0.717) is 11.3 Å². The fourth-order valence-corrected chi connectivity index (χ4v) is 3.44. The number of hydrogen-bond donors (Lipinski definition) is 0. The van der Waals surface area contributed by atoms with Crippen LogP contribution in [0.15, 0.2) is 30.3 Å². The highest BCUT2D eigenvalue weighted by Gasteiger charge is 2.28. The summed E-state index contributed by atoms with van der Waals surface area (Å²) >= 11 is 0. The fourth-order valence-electron chi connectivity index (χ4n) is 3.44. The fraction of sp³-hybridized carbons (Fsp3) is 0.474. The van der Waals surface area contributed by atoms with Crippen molar-refractivity contribution in [3.05, 3.63) is 47.3 Å². The van der Waals surface area contributed by atoms with E-state index in [1.807, 2.05) is 40.8 Å². The Labute approximate surface area is 143 Å². The Morgan fingerprint density at radius 3 is 2.83 bits per heavy atom. The molecule has 0 saturated carbocycles. The average Bonchev–Trinajstić information content (AvgIpc) is 2.92. The Morgan fingerprint density at radius 2 is 2.12 bits per heavy atom. The van der Waals surface area contributed by atoms with Gasteiger partial charge in [-0.1, -0.05) is 6.07 Å². The molecule has 1 amide bonds. The zero-order valence-electron chi connectivity index (χ0n) is 14.7. The molecule has 128 valence electrons. The molecule has 5 nitrogen and oxygen atoms in total. The van der Waals surface area contributed by atoms with Gasteiger partial charge in [0.25, 0.3) is 5.91 Å². The topological polar surface area (TPSA) is 47.4 Å². The number of rotatable bonds is 4. The third-order valence-corrected chi connectivity index (χ3v) is 4.69. The Morgan fingerprint density at radius 1 is 1.29 bits per heavy atom. The second kappa shape index (κ2) is 7.07. The molecule has 1 aliphatic rings.